The summed E-state index contributed by atoms with van der Waals surface area (Å²) < 4.78 is 6.29. The van der Waals surface area contributed by atoms with Crippen molar-refractivity contribution in [2.24, 2.45) is 0 Å². The van der Waals surface area contributed by atoms with E-state index in [9.17, 15) is 9.59 Å². The molecule has 8 heteroatoms. The number of nitrogens with zero attached hydrogens (tertiary/aromatic N) is 4. The number of fused-ring (bicyclic) bond motifs is 3. The number of hydrogen-bond acceptors (Lipinski definition) is 6. The van der Waals surface area contributed by atoms with Gasteiger partial charge in [-0.15, -0.1) is 0 Å². The van der Waals surface area contributed by atoms with Crippen LogP contribution in [0.1, 0.15) is 21.5 Å². The molecule has 0 saturated carbocycles. The predicted molar refractivity (Wildman–Crippen MR) is 147 cm³/mol. The average molecular weight is 514 g/mol. The summed E-state index contributed by atoms with van der Waals surface area (Å²) in [6, 6.07) is 17.9. The number of likely N-dealkylation sites (N-methyl/N-ethyl adjacent to an activating group) is 1. The van der Waals surface area contributed by atoms with E-state index in [0.717, 1.165) is 54.2 Å². The summed E-state index contributed by atoms with van der Waals surface area (Å²) in [6.07, 6.45) is 4.20. The summed E-state index contributed by atoms with van der Waals surface area (Å²) in [5.41, 5.74) is 4.84. The number of pyridine rings is 1. The van der Waals surface area contributed by atoms with Gasteiger partial charge in [0.15, 0.2) is 0 Å². The van der Waals surface area contributed by atoms with Crippen LogP contribution in [0.2, 0.25) is 0 Å². The van der Waals surface area contributed by atoms with E-state index in [2.05, 4.69) is 39.3 Å². The lowest BCUT2D eigenvalue weighted by Gasteiger charge is -2.33. The van der Waals surface area contributed by atoms with Gasteiger partial charge >= 0.3 is 0 Å². The van der Waals surface area contributed by atoms with Gasteiger partial charge < -0.3 is 19.9 Å². The number of benzene rings is 2. The molecule has 3 aromatic rings. The van der Waals surface area contributed by atoms with Crippen molar-refractivity contribution >= 4 is 11.8 Å². The van der Waals surface area contributed by atoms with Crippen LogP contribution >= 0.6 is 0 Å². The summed E-state index contributed by atoms with van der Waals surface area (Å²) in [6.45, 7) is 5.74. The van der Waals surface area contributed by atoms with Gasteiger partial charge in [-0.2, -0.15) is 0 Å². The molecule has 5 rings (SSSR count). The zero-order valence-corrected chi connectivity index (χ0v) is 21.9. The van der Waals surface area contributed by atoms with E-state index in [1.807, 2.05) is 47.4 Å². The van der Waals surface area contributed by atoms with Crippen molar-refractivity contribution in [2.45, 2.75) is 6.42 Å². The standard InChI is InChI=1S/C30H35N5O3/c1-33-13-15-34(16-14-33)22-29(36)35-12-11-32-30(37)26-4-2-3-23(19-26)20-27-21-25(24-7-9-31-10-8-24)5-6-28(27)38-18-17-35/h2-10,19,21H,11-18,20,22H2,1H3,(H,32,37). The minimum Gasteiger partial charge on any atom is -0.491 e. The smallest absolute Gasteiger partial charge is 0.251 e. The molecule has 0 unspecified atom stereocenters. The van der Waals surface area contributed by atoms with Crippen LogP contribution in [0, 0.1) is 0 Å². The molecule has 1 saturated heterocycles. The van der Waals surface area contributed by atoms with Crippen LogP contribution in [0.3, 0.4) is 0 Å². The van der Waals surface area contributed by atoms with Crippen molar-refractivity contribution in [1.29, 1.82) is 0 Å². The van der Waals surface area contributed by atoms with Crippen LogP contribution in [0.25, 0.3) is 11.1 Å². The molecular weight excluding hydrogens is 478 g/mol. The molecule has 0 spiro atoms. The highest BCUT2D eigenvalue weighted by Gasteiger charge is 2.21. The summed E-state index contributed by atoms with van der Waals surface area (Å²) in [5, 5.41) is 2.99. The molecule has 2 aliphatic rings. The van der Waals surface area contributed by atoms with Crippen LogP contribution in [-0.2, 0) is 11.2 Å². The van der Waals surface area contributed by atoms with Gasteiger partial charge in [0.2, 0.25) is 5.91 Å². The average Bonchev–Trinajstić information content (AvgIpc) is 2.94. The van der Waals surface area contributed by atoms with E-state index in [4.69, 9.17) is 4.74 Å². The Balaban J connectivity index is 1.38. The van der Waals surface area contributed by atoms with Gasteiger partial charge in [0.05, 0.1) is 13.1 Å². The largest absolute Gasteiger partial charge is 0.491 e. The normalized spacial score (nSPS) is 17.6. The van der Waals surface area contributed by atoms with Gasteiger partial charge in [-0.1, -0.05) is 18.2 Å². The highest BCUT2D eigenvalue weighted by atomic mass is 16.5. The number of rotatable bonds is 3. The lowest BCUT2D eigenvalue weighted by Crippen LogP contribution is -2.50. The van der Waals surface area contributed by atoms with E-state index >= 15 is 0 Å². The second-order valence-corrected chi connectivity index (χ2v) is 10.0. The van der Waals surface area contributed by atoms with Gasteiger partial charge in [0.25, 0.3) is 5.91 Å². The van der Waals surface area contributed by atoms with Crippen LogP contribution < -0.4 is 10.1 Å². The fourth-order valence-electron chi connectivity index (χ4n) is 4.96. The summed E-state index contributed by atoms with van der Waals surface area (Å²) in [7, 11) is 2.11. The van der Waals surface area contributed by atoms with E-state index in [-0.39, 0.29) is 11.8 Å². The number of nitrogens with one attached hydrogen (secondary N) is 1. The summed E-state index contributed by atoms with van der Waals surface area (Å²) >= 11 is 0. The van der Waals surface area contributed by atoms with Crippen molar-refractivity contribution in [1.82, 2.24) is 25.0 Å². The molecule has 1 fully saturated rings. The van der Waals surface area contributed by atoms with Gasteiger partial charge in [0.1, 0.15) is 12.4 Å². The first kappa shape index (κ1) is 25.9. The summed E-state index contributed by atoms with van der Waals surface area (Å²) in [4.78, 5) is 36.6. The van der Waals surface area contributed by atoms with Crippen LogP contribution in [-0.4, -0.2) is 97.5 Å². The Hall–Kier alpha value is -3.75. The third-order valence-corrected chi connectivity index (χ3v) is 7.25. The summed E-state index contributed by atoms with van der Waals surface area (Å²) in [5.74, 6) is 0.730. The molecule has 3 heterocycles. The number of piperazine rings is 1. The topological polar surface area (TPSA) is 78.0 Å². The Morgan fingerprint density at radius 2 is 1.74 bits per heavy atom. The maximum absolute atomic E-state index is 13.3. The molecule has 2 amide bonds. The maximum atomic E-state index is 13.3. The van der Waals surface area contributed by atoms with E-state index in [1.165, 1.54) is 0 Å². The van der Waals surface area contributed by atoms with Gasteiger partial charge in [-0.3, -0.25) is 19.5 Å². The number of hydrogen-bond donors (Lipinski definition) is 1. The van der Waals surface area contributed by atoms with Crippen LogP contribution in [0.4, 0.5) is 0 Å². The van der Waals surface area contributed by atoms with Crippen molar-refractivity contribution in [2.75, 3.05) is 66.0 Å². The van der Waals surface area contributed by atoms with Gasteiger partial charge in [0, 0.05) is 63.6 Å². The number of ether oxygens (including phenoxy) is 1. The minimum absolute atomic E-state index is 0.0646. The first-order valence-corrected chi connectivity index (χ1v) is 13.3. The first-order chi connectivity index (χ1) is 18.5. The van der Waals surface area contributed by atoms with E-state index < -0.39 is 0 Å². The number of carbonyl (C=O) groups is 2. The molecule has 0 radical (unpaired) electrons. The Morgan fingerprint density at radius 3 is 2.55 bits per heavy atom. The van der Waals surface area contributed by atoms with Crippen molar-refractivity contribution in [3.05, 3.63) is 83.7 Å². The molecule has 8 nitrogen and oxygen atoms in total. The van der Waals surface area contributed by atoms with Crippen molar-refractivity contribution in [3.8, 4) is 16.9 Å². The Morgan fingerprint density at radius 1 is 0.921 bits per heavy atom. The number of aromatic nitrogens is 1. The second kappa shape index (κ2) is 12.2. The quantitative estimate of drug-likeness (QED) is 0.580. The molecule has 2 bridgehead atoms. The zero-order valence-electron chi connectivity index (χ0n) is 21.9. The number of carbonyl (C=O) groups excluding carboxylic acids is 2. The van der Waals surface area contributed by atoms with E-state index in [1.54, 1.807) is 12.4 Å². The SMILES string of the molecule is CN1CCN(CC(=O)N2CCNC(=O)c3cccc(c3)Cc3cc(-c4ccncc4)ccc3OCC2)CC1. The zero-order chi connectivity index (χ0) is 26.3. The van der Waals surface area contributed by atoms with Crippen LogP contribution in [0.15, 0.2) is 67.0 Å². The van der Waals surface area contributed by atoms with E-state index in [0.29, 0.717) is 44.8 Å². The van der Waals surface area contributed by atoms with Crippen molar-refractivity contribution < 1.29 is 14.3 Å². The molecule has 0 atom stereocenters. The monoisotopic (exact) mass is 513 g/mol. The lowest BCUT2D eigenvalue weighted by atomic mass is 9.97. The Kier molecular flexibility index (Phi) is 8.31. The third-order valence-electron chi connectivity index (χ3n) is 7.25. The first-order valence-electron chi connectivity index (χ1n) is 13.3. The highest BCUT2D eigenvalue weighted by Crippen LogP contribution is 2.29. The fraction of sp³-hybridized carbons (Fsp3) is 0.367. The Labute approximate surface area is 224 Å². The second-order valence-electron chi connectivity index (χ2n) is 10.0. The molecule has 1 N–H and O–H groups in total. The highest BCUT2D eigenvalue weighted by molar-refractivity contribution is 5.94. The van der Waals surface area contributed by atoms with Crippen LogP contribution in [0.5, 0.6) is 5.75 Å². The molecule has 38 heavy (non-hydrogen) atoms. The molecule has 0 aliphatic carbocycles. The molecule has 2 aromatic carbocycles. The molecule has 198 valence electrons. The lowest BCUT2D eigenvalue weighted by molar-refractivity contribution is -0.133. The molecular formula is C30H35N5O3. The Bertz CT molecular complexity index is 1260. The minimum atomic E-state index is -0.127. The molecule has 1 aromatic heterocycles. The van der Waals surface area contributed by atoms with Gasteiger partial charge in [-0.05, 0) is 65.7 Å². The fourth-order valence-corrected chi connectivity index (χ4v) is 4.96. The van der Waals surface area contributed by atoms with Gasteiger partial charge in [-0.25, -0.2) is 0 Å². The third kappa shape index (κ3) is 6.57. The predicted octanol–water partition coefficient (Wildman–Crippen LogP) is 2.54. The maximum Gasteiger partial charge on any atom is 0.251 e. The van der Waals surface area contributed by atoms with Crippen molar-refractivity contribution in [3.63, 3.8) is 0 Å². The molecule has 2 aliphatic heterocycles. The number of amides is 2.